The van der Waals surface area contributed by atoms with Gasteiger partial charge in [-0.25, -0.2) is 4.79 Å². The van der Waals surface area contributed by atoms with Crippen molar-refractivity contribution in [2.24, 2.45) is 11.5 Å². The number of benzene rings is 1. The molecule has 0 saturated carbocycles. The first kappa shape index (κ1) is 37.6. The molecule has 272 valence electrons. The molecule has 0 bridgehead atoms. The largest absolute Gasteiger partial charge is 0.469 e. The number of urea groups is 1. The maximum absolute atomic E-state index is 14.0. The molecule has 2 aliphatic heterocycles. The molecule has 2 aliphatic rings. The summed E-state index contributed by atoms with van der Waals surface area (Å²) in [6.07, 6.45) is 3.43. The van der Waals surface area contributed by atoms with Crippen molar-refractivity contribution >= 4 is 52.4 Å². The van der Waals surface area contributed by atoms with Crippen LogP contribution in [-0.2, 0) is 44.7 Å². The van der Waals surface area contributed by atoms with E-state index in [4.69, 9.17) is 20.9 Å². The lowest BCUT2D eigenvalue weighted by Gasteiger charge is -2.37. The van der Waals surface area contributed by atoms with Gasteiger partial charge in [0.15, 0.2) is 6.10 Å². The first-order valence-corrected chi connectivity index (χ1v) is 16.8. The molecule has 2 fully saturated rings. The minimum absolute atomic E-state index is 0.0477. The molecule has 7 amide bonds. The van der Waals surface area contributed by atoms with Crippen molar-refractivity contribution in [1.29, 1.82) is 0 Å². The number of H-pyrrole nitrogens is 1. The molecule has 17 heteroatoms. The van der Waals surface area contributed by atoms with E-state index >= 15 is 0 Å². The van der Waals surface area contributed by atoms with Crippen molar-refractivity contribution in [3.63, 3.8) is 0 Å². The second-order valence-corrected chi connectivity index (χ2v) is 12.4. The Bertz CT molecular complexity index is 1560. The number of nitrogens with two attached hydrogens (primary N) is 2. The van der Waals surface area contributed by atoms with Crippen LogP contribution in [-0.4, -0.2) is 108 Å². The number of piperidine rings is 1. The molecule has 2 saturated heterocycles. The molecule has 9 N–H and O–H groups in total. The highest BCUT2D eigenvalue weighted by Gasteiger charge is 2.40. The van der Waals surface area contributed by atoms with E-state index in [1.54, 1.807) is 0 Å². The van der Waals surface area contributed by atoms with Gasteiger partial charge in [-0.3, -0.25) is 28.8 Å². The van der Waals surface area contributed by atoms with Crippen LogP contribution in [0.25, 0.3) is 10.9 Å². The van der Waals surface area contributed by atoms with Crippen LogP contribution in [0.4, 0.5) is 4.79 Å². The highest BCUT2D eigenvalue weighted by Crippen LogP contribution is 2.22. The number of aromatic amines is 1. The van der Waals surface area contributed by atoms with Gasteiger partial charge in [0.2, 0.25) is 23.6 Å². The number of fused-ring (bicyclic) bond motifs is 1. The second-order valence-electron chi connectivity index (χ2n) is 12.4. The summed E-state index contributed by atoms with van der Waals surface area (Å²) >= 11 is 0. The van der Waals surface area contributed by atoms with Crippen molar-refractivity contribution in [2.45, 2.75) is 88.1 Å². The van der Waals surface area contributed by atoms with Crippen LogP contribution in [0.5, 0.6) is 0 Å². The second kappa shape index (κ2) is 18.0. The van der Waals surface area contributed by atoms with Gasteiger partial charge in [-0.05, 0) is 63.0 Å². The van der Waals surface area contributed by atoms with Crippen molar-refractivity contribution in [3.05, 3.63) is 36.0 Å². The fourth-order valence-corrected chi connectivity index (χ4v) is 6.00. The number of primary amides is 2. The molecule has 0 aliphatic carbocycles. The molecule has 0 radical (unpaired) electrons. The predicted octanol–water partition coefficient (Wildman–Crippen LogP) is -0.778. The monoisotopic (exact) mass is 698 g/mol. The number of carbonyl (C=O) groups is 7. The molecular weight excluding hydrogens is 652 g/mol. The zero-order valence-corrected chi connectivity index (χ0v) is 28.0. The van der Waals surface area contributed by atoms with Gasteiger partial charge >= 0.3 is 12.0 Å². The fourth-order valence-electron chi connectivity index (χ4n) is 6.00. The summed E-state index contributed by atoms with van der Waals surface area (Å²) in [4.78, 5) is 93.8. The van der Waals surface area contributed by atoms with E-state index in [1.807, 2.05) is 30.5 Å². The number of likely N-dealkylation sites (tertiary alicyclic amines) is 1. The van der Waals surface area contributed by atoms with Gasteiger partial charge in [-0.2, -0.15) is 0 Å². The fraction of sp³-hybridized carbons (Fsp3) is 0.545. The molecule has 3 heterocycles. The van der Waals surface area contributed by atoms with Gasteiger partial charge in [-0.1, -0.05) is 18.2 Å². The lowest BCUT2D eigenvalue weighted by Crippen LogP contribution is -2.60. The standard InChI is InChI=1S/C33H46N8O9/c1-49-27(42)14-13-24(40-31(46)26-18-50-26)32(47)41-16-5-4-10-25(41)30(45)39-23(12-11-19-17-37-21-8-3-2-7-20(19)21)29(44)38-22(28(34)43)9-6-15-36-33(35)48/h2-3,7-8,17,22-26,37H,4-6,9-16,18H2,1H3,(H2,34,43)(H,38,44)(H,39,45)(H,40,46)(H3,35,36,48)/t22-,23-,24-,25-,26?/m0/s1. The molecule has 5 atom stereocenters. The maximum atomic E-state index is 14.0. The number of amides is 7. The number of nitrogens with one attached hydrogen (secondary N) is 5. The highest BCUT2D eigenvalue weighted by atomic mass is 16.6. The number of esters is 1. The van der Waals surface area contributed by atoms with Crippen molar-refractivity contribution in [1.82, 2.24) is 31.2 Å². The van der Waals surface area contributed by atoms with Gasteiger partial charge in [0.1, 0.15) is 24.2 Å². The van der Waals surface area contributed by atoms with Crippen molar-refractivity contribution < 1.29 is 43.0 Å². The number of rotatable bonds is 18. The van der Waals surface area contributed by atoms with Crippen LogP contribution in [0.3, 0.4) is 0 Å². The number of ether oxygens (including phenoxy) is 2. The van der Waals surface area contributed by atoms with Crippen molar-refractivity contribution in [2.75, 3.05) is 26.8 Å². The van der Waals surface area contributed by atoms with Gasteiger partial charge in [0.25, 0.3) is 5.91 Å². The van der Waals surface area contributed by atoms with Crippen molar-refractivity contribution in [3.8, 4) is 0 Å². The van der Waals surface area contributed by atoms with E-state index in [-0.39, 0.29) is 45.4 Å². The Kier molecular flexibility index (Phi) is 13.5. The molecule has 1 aromatic carbocycles. The third-order valence-electron chi connectivity index (χ3n) is 8.83. The summed E-state index contributed by atoms with van der Waals surface area (Å²) in [6, 6.07) is 2.62. The molecule has 4 rings (SSSR count). The number of aryl methyl sites for hydroxylation is 1. The number of carbonyl (C=O) groups excluding carboxylic acids is 7. The smallest absolute Gasteiger partial charge is 0.312 e. The number of para-hydroxylation sites is 1. The first-order chi connectivity index (χ1) is 24.0. The SMILES string of the molecule is COC(=O)CC[C@H](NC(=O)C1CO1)C(=O)N1CCCC[C@H]1C(=O)N[C@@H](CCc1c[nH]c2ccccc12)C(=O)N[C@@H](CCCNC(N)=O)C(N)=O. The Morgan fingerprint density at radius 3 is 2.40 bits per heavy atom. The summed E-state index contributed by atoms with van der Waals surface area (Å²) in [6.45, 7) is 0.605. The number of aromatic nitrogens is 1. The van der Waals surface area contributed by atoms with E-state index in [2.05, 4.69) is 26.3 Å². The van der Waals surface area contributed by atoms with E-state index in [0.29, 0.717) is 32.1 Å². The number of epoxide rings is 1. The molecule has 1 aromatic heterocycles. The van der Waals surface area contributed by atoms with Crippen LogP contribution in [0.15, 0.2) is 30.5 Å². The Morgan fingerprint density at radius 2 is 1.70 bits per heavy atom. The number of hydrogen-bond donors (Lipinski definition) is 7. The zero-order valence-electron chi connectivity index (χ0n) is 28.0. The summed E-state index contributed by atoms with van der Waals surface area (Å²) in [5.41, 5.74) is 12.5. The van der Waals surface area contributed by atoms with E-state index in [1.165, 1.54) is 12.0 Å². The molecule has 17 nitrogen and oxygen atoms in total. The topological polar surface area (TPSA) is 260 Å². The average Bonchev–Trinajstić information content (AvgIpc) is 3.89. The summed E-state index contributed by atoms with van der Waals surface area (Å²) in [5, 5.41) is 11.5. The Hall–Kier alpha value is -5.19. The quantitative estimate of drug-likeness (QED) is 0.0584. The maximum Gasteiger partial charge on any atom is 0.312 e. The van der Waals surface area contributed by atoms with Gasteiger partial charge in [0, 0.05) is 36.6 Å². The Morgan fingerprint density at radius 1 is 0.960 bits per heavy atom. The highest BCUT2D eigenvalue weighted by molar-refractivity contribution is 5.96. The number of nitrogens with zero attached hydrogens (tertiary/aromatic N) is 1. The third kappa shape index (κ3) is 10.7. The van der Waals surface area contributed by atoms with Crippen LogP contribution >= 0.6 is 0 Å². The minimum Gasteiger partial charge on any atom is -0.469 e. The Balaban J connectivity index is 1.51. The lowest BCUT2D eigenvalue weighted by atomic mass is 9.97. The molecule has 2 aromatic rings. The zero-order chi connectivity index (χ0) is 36.2. The van der Waals surface area contributed by atoms with Crippen LogP contribution in [0.2, 0.25) is 0 Å². The molecular formula is C33H46N8O9. The number of hydrogen-bond acceptors (Lipinski definition) is 9. The van der Waals surface area contributed by atoms with Gasteiger partial charge in [0.05, 0.1) is 13.7 Å². The van der Waals surface area contributed by atoms with Gasteiger partial charge < -0.3 is 52.1 Å². The van der Waals surface area contributed by atoms with E-state index in [0.717, 1.165) is 16.5 Å². The Labute approximate surface area is 288 Å². The lowest BCUT2D eigenvalue weighted by molar-refractivity contribution is -0.147. The van der Waals surface area contributed by atoms with Crippen LogP contribution < -0.4 is 32.7 Å². The predicted molar refractivity (Wildman–Crippen MR) is 179 cm³/mol. The van der Waals surface area contributed by atoms with E-state index < -0.39 is 71.8 Å². The number of methoxy groups -OCH3 is 1. The molecule has 1 unspecified atom stereocenters. The molecule has 50 heavy (non-hydrogen) atoms. The third-order valence-corrected chi connectivity index (χ3v) is 8.83. The average molecular weight is 699 g/mol. The summed E-state index contributed by atoms with van der Waals surface area (Å²) in [7, 11) is 1.22. The first-order valence-electron chi connectivity index (χ1n) is 16.8. The van der Waals surface area contributed by atoms with E-state index in [9.17, 15) is 33.6 Å². The minimum atomic E-state index is -1.12. The van der Waals surface area contributed by atoms with Crippen LogP contribution in [0, 0.1) is 0 Å². The van der Waals surface area contributed by atoms with Gasteiger partial charge in [-0.15, -0.1) is 0 Å². The summed E-state index contributed by atoms with van der Waals surface area (Å²) in [5.74, 6) is -3.61. The summed E-state index contributed by atoms with van der Waals surface area (Å²) < 4.78 is 9.75. The van der Waals surface area contributed by atoms with Crippen LogP contribution in [0.1, 0.15) is 56.9 Å². The molecule has 0 spiro atoms. The normalized spacial score (nSPS) is 18.6.